The molecule has 2 aromatic rings. The van der Waals surface area contributed by atoms with Gasteiger partial charge < -0.3 is 5.73 Å². The molecule has 0 saturated heterocycles. The number of carbonyl (C=O) groups excluding carboxylic acids is 4. The number of rotatable bonds is 2. The Morgan fingerprint density at radius 1 is 0.880 bits per heavy atom. The molecule has 0 saturated carbocycles. The number of para-hydroxylation sites is 1. The van der Waals surface area contributed by atoms with Crippen LogP contribution in [0.25, 0.3) is 0 Å². The lowest BCUT2D eigenvalue weighted by molar-refractivity contribution is -0.118. The second-order valence-corrected chi connectivity index (χ2v) is 5.36. The molecule has 3 rings (SSSR count). The molecule has 4 N–H and O–H groups in total. The van der Waals surface area contributed by atoms with Crippen LogP contribution in [0.3, 0.4) is 0 Å². The zero-order chi connectivity index (χ0) is 18.6. The zero-order valence-electron chi connectivity index (χ0n) is 13.5. The van der Waals surface area contributed by atoms with E-state index in [2.05, 4.69) is 0 Å². The normalized spacial score (nSPS) is 12.9. The summed E-state index contributed by atoms with van der Waals surface area (Å²) in [6.07, 6.45) is 0. The molecule has 1 aliphatic rings. The minimum Gasteiger partial charge on any atom is -0.350 e. The van der Waals surface area contributed by atoms with Crippen LogP contribution in [0.1, 0.15) is 27.6 Å². The third kappa shape index (κ3) is 3.78. The Bertz CT molecular complexity index is 798. The van der Waals surface area contributed by atoms with Gasteiger partial charge >= 0.3 is 6.03 Å². The van der Waals surface area contributed by atoms with E-state index in [-0.39, 0.29) is 17.3 Å². The number of fused-ring (bicyclic) bond motifs is 1. The number of primary amides is 1. The molecule has 0 heterocycles. The molecule has 0 bridgehead atoms. The molecule has 7 heteroatoms. The van der Waals surface area contributed by atoms with Gasteiger partial charge in [-0.2, -0.15) is 0 Å². The van der Waals surface area contributed by atoms with Gasteiger partial charge in [0.2, 0.25) is 0 Å². The highest BCUT2D eigenvalue weighted by atomic mass is 16.2. The highest BCUT2D eigenvalue weighted by Gasteiger charge is 2.40. The van der Waals surface area contributed by atoms with Crippen molar-refractivity contribution in [1.82, 2.24) is 0 Å². The third-order valence-corrected chi connectivity index (χ3v) is 3.66. The number of nitrogens with two attached hydrogens (primary N) is 2. The number of anilines is 1. The van der Waals surface area contributed by atoms with E-state index in [0.717, 1.165) is 5.01 Å². The van der Waals surface area contributed by atoms with Gasteiger partial charge in [0.1, 0.15) is 11.7 Å². The molecule has 2 amide bonds. The predicted octanol–water partition coefficient (Wildman–Crippen LogP) is 1.72. The summed E-state index contributed by atoms with van der Waals surface area (Å²) in [6.45, 7) is 1.27. The number of Topliss-reactive ketones (excluding diaryl/α,β-unsaturated/α-hetero) is 3. The van der Waals surface area contributed by atoms with Gasteiger partial charge in [0.25, 0.3) is 0 Å². The minimum absolute atomic E-state index is 0.363. The van der Waals surface area contributed by atoms with Crippen molar-refractivity contribution < 1.29 is 19.2 Å². The zero-order valence-corrected chi connectivity index (χ0v) is 13.5. The van der Waals surface area contributed by atoms with E-state index in [1.165, 1.54) is 6.92 Å². The molecule has 0 fully saturated rings. The van der Waals surface area contributed by atoms with Crippen LogP contribution in [0, 0.1) is 5.92 Å². The van der Waals surface area contributed by atoms with E-state index >= 15 is 0 Å². The van der Waals surface area contributed by atoms with Gasteiger partial charge in [-0.05, 0) is 19.1 Å². The fraction of sp³-hybridized carbons (Fsp3) is 0.111. The van der Waals surface area contributed by atoms with Crippen molar-refractivity contribution in [3.8, 4) is 0 Å². The second kappa shape index (κ2) is 7.50. The van der Waals surface area contributed by atoms with Crippen molar-refractivity contribution in [2.75, 3.05) is 5.01 Å². The summed E-state index contributed by atoms with van der Waals surface area (Å²) < 4.78 is 0. The number of carbonyl (C=O) groups is 4. The molecular formula is C18H17N3O4. The van der Waals surface area contributed by atoms with Crippen LogP contribution in [0.5, 0.6) is 0 Å². The highest BCUT2D eigenvalue weighted by Crippen LogP contribution is 2.26. The SMILES string of the molecule is CC(=O)C1C(=O)c2ccccc2C1=O.NC(=O)N(N)c1ccccc1. The molecule has 25 heavy (non-hydrogen) atoms. The average Bonchev–Trinajstić information content (AvgIpc) is 2.87. The van der Waals surface area contributed by atoms with Crippen molar-refractivity contribution in [1.29, 1.82) is 0 Å². The molecule has 0 aliphatic heterocycles. The Kier molecular flexibility index (Phi) is 5.41. The molecule has 0 spiro atoms. The maximum Gasteiger partial charge on any atom is 0.333 e. The molecule has 0 atom stereocenters. The van der Waals surface area contributed by atoms with Gasteiger partial charge in [0.05, 0.1) is 5.69 Å². The van der Waals surface area contributed by atoms with Crippen LogP contribution < -0.4 is 16.6 Å². The van der Waals surface area contributed by atoms with Crippen LogP contribution in [0.15, 0.2) is 54.6 Å². The van der Waals surface area contributed by atoms with Crippen molar-refractivity contribution in [3.05, 3.63) is 65.7 Å². The maximum absolute atomic E-state index is 11.6. The fourth-order valence-corrected chi connectivity index (χ4v) is 2.43. The largest absolute Gasteiger partial charge is 0.350 e. The standard InChI is InChI=1S/C11H8O3.C7H9N3O/c1-6(12)9-10(13)7-4-2-3-5-8(7)11(9)14;8-7(11)10(9)6-4-2-1-3-5-6/h2-5,9H,1H3;1-5H,9H2,(H2,8,11). The number of benzene rings is 2. The van der Waals surface area contributed by atoms with Crippen molar-refractivity contribution >= 4 is 29.1 Å². The topological polar surface area (TPSA) is 124 Å². The number of hydrogen-bond acceptors (Lipinski definition) is 5. The first-order chi connectivity index (χ1) is 11.8. The lowest BCUT2D eigenvalue weighted by Gasteiger charge is -2.12. The van der Waals surface area contributed by atoms with Gasteiger partial charge in [0.15, 0.2) is 11.6 Å². The van der Waals surface area contributed by atoms with E-state index < -0.39 is 11.9 Å². The van der Waals surface area contributed by atoms with E-state index in [9.17, 15) is 19.2 Å². The molecule has 1 aliphatic carbocycles. The highest BCUT2D eigenvalue weighted by molar-refractivity contribution is 6.35. The van der Waals surface area contributed by atoms with E-state index in [0.29, 0.717) is 16.8 Å². The van der Waals surface area contributed by atoms with Crippen LogP contribution in [-0.2, 0) is 4.79 Å². The summed E-state index contributed by atoms with van der Waals surface area (Å²) in [5, 5.41) is 0.889. The molecule has 0 aromatic heterocycles. The maximum atomic E-state index is 11.6. The number of amides is 2. The average molecular weight is 339 g/mol. The lowest BCUT2D eigenvalue weighted by Crippen LogP contribution is -2.41. The van der Waals surface area contributed by atoms with Crippen LogP contribution >= 0.6 is 0 Å². The van der Waals surface area contributed by atoms with Gasteiger partial charge in [-0.1, -0.05) is 42.5 Å². The number of hydrazine groups is 1. The van der Waals surface area contributed by atoms with E-state index in [1.807, 2.05) is 6.07 Å². The summed E-state index contributed by atoms with van der Waals surface area (Å²) in [6, 6.07) is 14.6. The summed E-state index contributed by atoms with van der Waals surface area (Å²) in [4.78, 5) is 44.8. The van der Waals surface area contributed by atoms with Crippen LogP contribution in [0.2, 0.25) is 0 Å². The molecule has 128 valence electrons. The lowest BCUT2D eigenvalue weighted by atomic mass is 10.00. The van der Waals surface area contributed by atoms with Crippen LogP contribution in [0.4, 0.5) is 10.5 Å². The van der Waals surface area contributed by atoms with Gasteiger partial charge in [0, 0.05) is 11.1 Å². The molecule has 7 nitrogen and oxygen atoms in total. The first kappa shape index (κ1) is 18.0. The number of urea groups is 1. The molecular weight excluding hydrogens is 322 g/mol. The van der Waals surface area contributed by atoms with Crippen LogP contribution in [-0.4, -0.2) is 23.4 Å². The minimum atomic E-state index is -1.09. The summed E-state index contributed by atoms with van der Waals surface area (Å²) in [5.41, 5.74) is 6.26. The smallest absolute Gasteiger partial charge is 0.333 e. The number of hydrogen-bond donors (Lipinski definition) is 2. The summed E-state index contributed by atoms with van der Waals surface area (Å²) in [5.74, 6) is 3.10. The Hall–Kier alpha value is -3.32. The predicted molar refractivity (Wildman–Crippen MR) is 92.0 cm³/mol. The van der Waals surface area contributed by atoms with Crippen molar-refractivity contribution in [2.45, 2.75) is 6.92 Å². The second-order valence-electron chi connectivity index (χ2n) is 5.36. The fourth-order valence-electron chi connectivity index (χ4n) is 2.43. The van der Waals surface area contributed by atoms with Gasteiger partial charge in [-0.25, -0.2) is 15.6 Å². The summed E-state index contributed by atoms with van der Waals surface area (Å²) >= 11 is 0. The van der Waals surface area contributed by atoms with Gasteiger partial charge in [-0.3, -0.25) is 14.4 Å². The Balaban J connectivity index is 0.000000186. The Morgan fingerprint density at radius 3 is 1.72 bits per heavy atom. The Labute approximate surface area is 144 Å². The third-order valence-electron chi connectivity index (χ3n) is 3.66. The molecule has 2 aromatic carbocycles. The van der Waals surface area contributed by atoms with Gasteiger partial charge in [-0.15, -0.1) is 0 Å². The molecule has 0 unspecified atom stereocenters. The monoisotopic (exact) mass is 339 g/mol. The van der Waals surface area contributed by atoms with Crippen molar-refractivity contribution in [3.63, 3.8) is 0 Å². The number of ketones is 3. The molecule has 0 radical (unpaired) electrons. The van der Waals surface area contributed by atoms with Crippen molar-refractivity contribution in [2.24, 2.45) is 17.5 Å². The first-order valence-corrected chi connectivity index (χ1v) is 7.41. The first-order valence-electron chi connectivity index (χ1n) is 7.41. The van der Waals surface area contributed by atoms with E-state index in [4.69, 9.17) is 11.6 Å². The van der Waals surface area contributed by atoms with E-state index in [1.54, 1.807) is 48.5 Å². The Morgan fingerprint density at radius 2 is 1.32 bits per heavy atom. The quantitative estimate of drug-likeness (QED) is 0.373. The number of nitrogens with zero attached hydrogens (tertiary/aromatic N) is 1. The summed E-state index contributed by atoms with van der Waals surface area (Å²) in [7, 11) is 0.